The van der Waals surface area contributed by atoms with Gasteiger partial charge in [-0.15, -0.1) is 5.10 Å². The number of nitrogens with zero attached hydrogens (tertiary/aromatic N) is 6. The molecule has 1 fully saturated rings. The van der Waals surface area contributed by atoms with Crippen molar-refractivity contribution in [1.82, 2.24) is 35.2 Å². The van der Waals surface area contributed by atoms with Gasteiger partial charge in [0, 0.05) is 42.2 Å². The minimum absolute atomic E-state index is 0.104. The predicted molar refractivity (Wildman–Crippen MR) is 117 cm³/mol. The van der Waals surface area contributed by atoms with Crippen molar-refractivity contribution in [1.29, 1.82) is 0 Å². The second-order valence-electron chi connectivity index (χ2n) is 8.17. The molecule has 1 atom stereocenters. The molecule has 4 amide bonds. The minimum atomic E-state index is -0.723. The number of anilines is 1. The van der Waals surface area contributed by atoms with Crippen molar-refractivity contribution in [3.63, 3.8) is 0 Å². The Morgan fingerprint density at radius 1 is 1.21 bits per heavy atom. The van der Waals surface area contributed by atoms with Gasteiger partial charge in [-0.3, -0.25) is 24.5 Å². The fraction of sp³-hybridized carbons (Fsp3) is 0.273. The van der Waals surface area contributed by atoms with Gasteiger partial charge in [0.25, 0.3) is 5.91 Å². The van der Waals surface area contributed by atoms with Gasteiger partial charge in [0.1, 0.15) is 18.3 Å². The van der Waals surface area contributed by atoms with Gasteiger partial charge in [-0.1, -0.05) is 11.3 Å². The Morgan fingerprint density at radius 2 is 2.00 bits per heavy atom. The highest BCUT2D eigenvalue weighted by molar-refractivity contribution is 6.06. The molecule has 4 heterocycles. The van der Waals surface area contributed by atoms with Crippen LogP contribution in [0.3, 0.4) is 0 Å². The van der Waals surface area contributed by atoms with Crippen molar-refractivity contribution < 1.29 is 19.2 Å². The van der Waals surface area contributed by atoms with E-state index in [4.69, 9.17) is 0 Å². The normalized spacial score (nSPS) is 17.5. The zero-order valence-corrected chi connectivity index (χ0v) is 18.2. The van der Waals surface area contributed by atoms with Crippen LogP contribution in [-0.2, 0) is 27.5 Å². The standard InChI is InChI=1S/C22H20N8O4/c1-12-7-23-20(24-8-12)16-10-29(28-27-16)11-19(32)25-15-4-2-3-13-14(15)9-30(22(13)34)17-5-6-18(31)26-21(17)33/h2-4,7-8,10,17H,5-6,9,11H2,1H3,(H,25,32)(H,26,31,33). The van der Waals surface area contributed by atoms with E-state index in [1.165, 1.54) is 9.58 Å². The number of benzene rings is 1. The van der Waals surface area contributed by atoms with Crippen LogP contribution in [0.15, 0.2) is 36.8 Å². The zero-order valence-electron chi connectivity index (χ0n) is 18.2. The number of carbonyl (C=O) groups excluding carboxylic acids is 4. The van der Waals surface area contributed by atoms with E-state index in [9.17, 15) is 19.2 Å². The molecule has 3 aromatic rings. The molecule has 5 rings (SSSR count). The number of imide groups is 1. The molecule has 2 aliphatic rings. The second-order valence-corrected chi connectivity index (χ2v) is 8.17. The first-order chi connectivity index (χ1) is 16.4. The summed E-state index contributed by atoms with van der Waals surface area (Å²) in [6.45, 7) is 1.94. The summed E-state index contributed by atoms with van der Waals surface area (Å²) < 4.78 is 1.37. The molecule has 0 aliphatic carbocycles. The lowest BCUT2D eigenvalue weighted by Gasteiger charge is -2.29. The van der Waals surface area contributed by atoms with Crippen LogP contribution in [0.1, 0.15) is 34.3 Å². The number of rotatable bonds is 5. The summed E-state index contributed by atoms with van der Waals surface area (Å²) in [6.07, 6.45) is 5.36. The first kappa shape index (κ1) is 21.4. The number of hydrogen-bond donors (Lipinski definition) is 2. The van der Waals surface area contributed by atoms with Gasteiger partial charge >= 0.3 is 0 Å². The van der Waals surface area contributed by atoms with Gasteiger partial charge in [-0.25, -0.2) is 14.6 Å². The third kappa shape index (κ3) is 4.00. The summed E-state index contributed by atoms with van der Waals surface area (Å²) in [5, 5.41) is 13.1. The van der Waals surface area contributed by atoms with Crippen LogP contribution in [0, 0.1) is 6.92 Å². The third-order valence-corrected chi connectivity index (χ3v) is 5.71. The number of amides is 4. The molecule has 0 radical (unpaired) electrons. The Bertz CT molecular complexity index is 1320. The molecule has 0 spiro atoms. The number of aryl methyl sites for hydroxylation is 1. The molecule has 1 saturated heterocycles. The van der Waals surface area contributed by atoms with Crippen LogP contribution < -0.4 is 10.6 Å². The molecule has 2 aliphatic heterocycles. The van der Waals surface area contributed by atoms with Crippen molar-refractivity contribution in [3.8, 4) is 11.5 Å². The molecule has 0 saturated carbocycles. The summed E-state index contributed by atoms with van der Waals surface area (Å²) >= 11 is 0. The van der Waals surface area contributed by atoms with E-state index >= 15 is 0 Å². The van der Waals surface area contributed by atoms with Crippen LogP contribution in [0.4, 0.5) is 5.69 Å². The quantitative estimate of drug-likeness (QED) is 0.521. The highest BCUT2D eigenvalue weighted by atomic mass is 16.2. The van der Waals surface area contributed by atoms with Gasteiger partial charge < -0.3 is 10.2 Å². The molecule has 172 valence electrons. The summed E-state index contributed by atoms with van der Waals surface area (Å²) in [5.41, 5.74) is 2.88. The smallest absolute Gasteiger partial charge is 0.255 e. The number of piperidine rings is 1. The lowest BCUT2D eigenvalue weighted by molar-refractivity contribution is -0.137. The maximum Gasteiger partial charge on any atom is 0.255 e. The lowest BCUT2D eigenvalue weighted by atomic mass is 10.0. The summed E-state index contributed by atoms with van der Waals surface area (Å²) in [5.74, 6) is -1.09. The number of carbonyl (C=O) groups is 4. The van der Waals surface area contributed by atoms with Gasteiger partial charge in [-0.2, -0.15) is 0 Å². The Labute approximate surface area is 193 Å². The number of hydrogen-bond acceptors (Lipinski definition) is 8. The summed E-state index contributed by atoms with van der Waals surface area (Å²) in [6, 6.07) is 4.30. The molecular weight excluding hydrogens is 440 g/mol. The van der Waals surface area contributed by atoms with E-state index in [1.54, 1.807) is 36.8 Å². The topological polar surface area (TPSA) is 152 Å². The summed E-state index contributed by atoms with van der Waals surface area (Å²) in [4.78, 5) is 59.2. The fourth-order valence-electron chi connectivity index (χ4n) is 4.04. The van der Waals surface area contributed by atoms with Crippen LogP contribution in [0.2, 0.25) is 0 Å². The molecule has 2 N–H and O–H groups in total. The van der Waals surface area contributed by atoms with Crippen molar-refractivity contribution >= 4 is 29.3 Å². The molecule has 0 bridgehead atoms. The number of aromatic nitrogens is 5. The van der Waals surface area contributed by atoms with E-state index in [-0.39, 0.29) is 43.7 Å². The Balaban J connectivity index is 1.28. The Morgan fingerprint density at radius 3 is 2.76 bits per heavy atom. The molecular formula is C22H20N8O4. The molecule has 1 unspecified atom stereocenters. The highest BCUT2D eigenvalue weighted by Gasteiger charge is 2.39. The molecule has 12 nitrogen and oxygen atoms in total. The average molecular weight is 460 g/mol. The van der Waals surface area contributed by atoms with Gasteiger partial charge in [0.2, 0.25) is 17.7 Å². The van der Waals surface area contributed by atoms with Crippen LogP contribution >= 0.6 is 0 Å². The molecule has 1 aromatic carbocycles. The largest absolute Gasteiger partial charge is 0.324 e. The van der Waals surface area contributed by atoms with Crippen molar-refractivity contribution in [2.75, 3.05) is 5.32 Å². The van der Waals surface area contributed by atoms with E-state index in [0.29, 0.717) is 28.3 Å². The first-order valence-corrected chi connectivity index (χ1v) is 10.6. The minimum Gasteiger partial charge on any atom is -0.324 e. The Kier molecular flexibility index (Phi) is 5.32. The molecule has 34 heavy (non-hydrogen) atoms. The van der Waals surface area contributed by atoms with Gasteiger partial charge in [0.15, 0.2) is 5.82 Å². The van der Waals surface area contributed by atoms with Crippen LogP contribution in [-0.4, -0.2) is 59.5 Å². The van der Waals surface area contributed by atoms with Crippen LogP contribution in [0.25, 0.3) is 11.5 Å². The maximum absolute atomic E-state index is 12.9. The lowest BCUT2D eigenvalue weighted by Crippen LogP contribution is -2.52. The van der Waals surface area contributed by atoms with E-state index in [2.05, 4.69) is 30.9 Å². The molecule has 2 aromatic heterocycles. The van der Waals surface area contributed by atoms with Gasteiger partial charge in [0.05, 0.1) is 6.20 Å². The first-order valence-electron chi connectivity index (χ1n) is 10.6. The molecule has 12 heteroatoms. The van der Waals surface area contributed by atoms with Crippen LogP contribution in [0.5, 0.6) is 0 Å². The SMILES string of the molecule is Cc1cnc(-c2cn(CC(=O)Nc3cccc4c3CN(C3CCC(=O)NC3=O)C4=O)nn2)nc1. The monoisotopic (exact) mass is 460 g/mol. The van der Waals surface area contributed by atoms with Gasteiger partial charge in [-0.05, 0) is 31.0 Å². The number of nitrogens with one attached hydrogen (secondary N) is 2. The summed E-state index contributed by atoms with van der Waals surface area (Å²) in [7, 11) is 0. The van der Waals surface area contributed by atoms with E-state index in [0.717, 1.165) is 5.56 Å². The van der Waals surface area contributed by atoms with Crippen molar-refractivity contribution in [2.45, 2.75) is 38.9 Å². The highest BCUT2D eigenvalue weighted by Crippen LogP contribution is 2.32. The maximum atomic E-state index is 12.9. The van der Waals surface area contributed by atoms with Crippen molar-refractivity contribution in [2.24, 2.45) is 0 Å². The van der Waals surface area contributed by atoms with E-state index < -0.39 is 11.9 Å². The van der Waals surface area contributed by atoms with Crippen molar-refractivity contribution in [3.05, 3.63) is 53.5 Å². The second kappa shape index (κ2) is 8.46. The fourth-order valence-corrected chi connectivity index (χ4v) is 4.04. The third-order valence-electron chi connectivity index (χ3n) is 5.71. The van der Waals surface area contributed by atoms with E-state index in [1.807, 2.05) is 6.92 Å². The number of fused-ring (bicyclic) bond motifs is 1. The predicted octanol–water partition coefficient (Wildman–Crippen LogP) is 0.443. The zero-order chi connectivity index (χ0) is 23.8. The Hall–Kier alpha value is -4.48. The average Bonchev–Trinajstić information content (AvgIpc) is 3.40.